The van der Waals surface area contributed by atoms with Crippen molar-refractivity contribution in [2.75, 3.05) is 6.61 Å². The van der Waals surface area contributed by atoms with Crippen molar-refractivity contribution in [3.63, 3.8) is 0 Å². The van der Waals surface area contributed by atoms with Gasteiger partial charge < -0.3 is 5.11 Å². The van der Waals surface area contributed by atoms with Gasteiger partial charge in [0, 0.05) is 17.5 Å². The second kappa shape index (κ2) is 5.77. The lowest BCUT2D eigenvalue weighted by Gasteiger charge is -2.14. The molecule has 1 unspecified atom stereocenters. The minimum atomic E-state index is -3.42. The molecule has 1 atom stereocenters. The van der Waals surface area contributed by atoms with Gasteiger partial charge in [-0.2, -0.15) is 0 Å². The fourth-order valence-electron chi connectivity index (χ4n) is 1.34. The molecule has 0 aliphatic rings. The van der Waals surface area contributed by atoms with E-state index in [2.05, 4.69) is 4.72 Å². The van der Waals surface area contributed by atoms with Crippen LogP contribution in [0.3, 0.4) is 0 Å². The maximum Gasteiger partial charge on any atom is 0.250 e. The summed E-state index contributed by atoms with van der Waals surface area (Å²) in [4.78, 5) is 0.968. The van der Waals surface area contributed by atoms with E-state index in [0.29, 0.717) is 17.1 Å². The van der Waals surface area contributed by atoms with E-state index in [1.54, 1.807) is 12.1 Å². The quantitative estimate of drug-likeness (QED) is 0.817. The van der Waals surface area contributed by atoms with Gasteiger partial charge in [-0.3, -0.25) is 0 Å². The van der Waals surface area contributed by atoms with Crippen LogP contribution in [0.2, 0.25) is 0 Å². The van der Waals surface area contributed by atoms with Gasteiger partial charge in [-0.1, -0.05) is 6.92 Å². The lowest BCUT2D eigenvalue weighted by Crippen LogP contribution is -2.34. The number of aliphatic hydroxyl groups is 1. The monoisotopic (exact) mass is 263 g/mol. The Balaban J connectivity index is 2.78. The molecule has 0 fully saturated rings. The third-order valence-electron chi connectivity index (χ3n) is 2.27. The summed E-state index contributed by atoms with van der Waals surface area (Å²) in [5, 5.41) is 8.81. The van der Waals surface area contributed by atoms with Gasteiger partial charge in [0.1, 0.15) is 4.21 Å². The van der Waals surface area contributed by atoms with Crippen molar-refractivity contribution >= 4 is 21.4 Å². The summed E-state index contributed by atoms with van der Waals surface area (Å²) in [6.07, 6.45) is 1.12. The van der Waals surface area contributed by atoms with Crippen molar-refractivity contribution in [3.8, 4) is 0 Å². The second-order valence-corrected chi connectivity index (χ2v) is 6.83. The van der Waals surface area contributed by atoms with E-state index in [1.807, 2.05) is 13.8 Å². The molecule has 6 heteroatoms. The van der Waals surface area contributed by atoms with Crippen molar-refractivity contribution < 1.29 is 13.5 Å². The molecular formula is C10H17NO3S2. The van der Waals surface area contributed by atoms with Gasteiger partial charge >= 0.3 is 0 Å². The topological polar surface area (TPSA) is 66.4 Å². The molecule has 0 bridgehead atoms. The molecule has 92 valence electrons. The molecule has 0 saturated carbocycles. The summed E-state index contributed by atoms with van der Waals surface area (Å²) < 4.78 is 26.7. The zero-order chi connectivity index (χ0) is 12.2. The van der Waals surface area contributed by atoms with E-state index < -0.39 is 10.0 Å². The predicted molar refractivity (Wildman–Crippen MR) is 65.2 cm³/mol. The number of hydrogen-bond donors (Lipinski definition) is 2. The molecule has 1 aromatic rings. The number of rotatable bonds is 6. The smallest absolute Gasteiger partial charge is 0.250 e. The zero-order valence-electron chi connectivity index (χ0n) is 9.43. The van der Waals surface area contributed by atoms with Gasteiger partial charge in [0.2, 0.25) is 10.0 Å². The molecule has 2 N–H and O–H groups in total. The number of aryl methyl sites for hydroxylation is 1. The van der Waals surface area contributed by atoms with Gasteiger partial charge in [0.15, 0.2) is 0 Å². The summed E-state index contributed by atoms with van der Waals surface area (Å²) in [7, 11) is -3.42. The Kier molecular flexibility index (Phi) is 4.91. The van der Waals surface area contributed by atoms with Crippen LogP contribution in [0.4, 0.5) is 0 Å². The number of aliphatic hydroxyl groups excluding tert-OH is 1. The van der Waals surface area contributed by atoms with Crippen molar-refractivity contribution in [2.45, 2.75) is 36.9 Å². The van der Waals surface area contributed by atoms with Crippen molar-refractivity contribution in [1.29, 1.82) is 0 Å². The molecule has 0 radical (unpaired) electrons. The van der Waals surface area contributed by atoms with E-state index in [-0.39, 0.29) is 12.6 Å². The minimum Gasteiger partial charge on any atom is -0.396 e. The largest absolute Gasteiger partial charge is 0.396 e. The van der Waals surface area contributed by atoms with Crippen LogP contribution >= 0.6 is 11.3 Å². The fraction of sp³-hybridized carbons (Fsp3) is 0.600. The first-order valence-electron chi connectivity index (χ1n) is 5.19. The van der Waals surface area contributed by atoms with Crippen molar-refractivity contribution in [2.24, 2.45) is 0 Å². The Morgan fingerprint density at radius 1 is 1.50 bits per heavy atom. The molecule has 16 heavy (non-hydrogen) atoms. The van der Waals surface area contributed by atoms with Crippen LogP contribution in [-0.4, -0.2) is 26.2 Å². The lowest BCUT2D eigenvalue weighted by molar-refractivity contribution is 0.270. The standard InChI is InChI=1S/C10H17NO3S2/c1-3-9(6-7-12)11-16(13,14)10-5-4-8(2)15-10/h4-5,9,11-12H,3,6-7H2,1-2H3. The van der Waals surface area contributed by atoms with E-state index >= 15 is 0 Å². The molecule has 0 aliphatic heterocycles. The van der Waals surface area contributed by atoms with E-state index in [1.165, 1.54) is 11.3 Å². The molecular weight excluding hydrogens is 246 g/mol. The van der Waals surface area contributed by atoms with Crippen molar-refractivity contribution in [1.82, 2.24) is 4.72 Å². The third kappa shape index (κ3) is 3.55. The Bertz CT molecular complexity index is 425. The summed E-state index contributed by atoms with van der Waals surface area (Å²) in [6.45, 7) is 3.75. The maximum absolute atomic E-state index is 11.9. The third-order valence-corrected chi connectivity index (χ3v) is 5.29. The normalized spacial score (nSPS) is 13.9. The number of sulfonamides is 1. The summed E-state index contributed by atoms with van der Waals surface area (Å²) >= 11 is 1.25. The van der Waals surface area contributed by atoms with Crippen LogP contribution in [0.1, 0.15) is 24.6 Å². The van der Waals surface area contributed by atoms with Gasteiger partial charge in [-0.25, -0.2) is 13.1 Å². The van der Waals surface area contributed by atoms with Crippen LogP contribution < -0.4 is 4.72 Å². The van der Waals surface area contributed by atoms with Crippen LogP contribution in [0.25, 0.3) is 0 Å². The van der Waals surface area contributed by atoms with Crippen LogP contribution in [0, 0.1) is 6.92 Å². The average Bonchev–Trinajstić information content (AvgIpc) is 2.64. The number of thiophene rings is 1. The minimum absolute atomic E-state index is 0.00943. The molecule has 1 aromatic heterocycles. The average molecular weight is 263 g/mol. The molecule has 4 nitrogen and oxygen atoms in total. The van der Waals surface area contributed by atoms with E-state index in [4.69, 9.17) is 5.11 Å². The summed E-state index contributed by atoms with van der Waals surface area (Å²) in [5.74, 6) is 0. The first-order chi connectivity index (χ1) is 7.49. The predicted octanol–water partition coefficient (Wildman–Crippen LogP) is 1.50. The highest BCUT2D eigenvalue weighted by molar-refractivity contribution is 7.91. The highest BCUT2D eigenvalue weighted by Crippen LogP contribution is 2.21. The molecule has 0 saturated heterocycles. The molecule has 0 spiro atoms. The Morgan fingerprint density at radius 2 is 2.19 bits per heavy atom. The Labute approximate surface area is 100 Å². The van der Waals surface area contributed by atoms with Gasteiger partial charge in [-0.15, -0.1) is 11.3 Å². The Morgan fingerprint density at radius 3 is 2.62 bits per heavy atom. The SMILES string of the molecule is CCC(CCO)NS(=O)(=O)c1ccc(C)s1. The fourth-order valence-corrected chi connectivity index (χ4v) is 3.99. The van der Waals surface area contributed by atoms with Crippen LogP contribution in [0.15, 0.2) is 16.3 Å². The maximum atomic E-state index is 11.9. The van der Waals surface area contributed by atoms with E-state index in [0.717, 1.165) is 4.88 Å². The highest BCUT2D eigenvalue weighted by Gasteiger charge is 2.19. The number of nitrogens with one attached hydrogen (secondary N) is 1. The molecule has 0 aromatic carbocycles. The molecule has 0 aliphatic carbocycles. The highest BCUT2D eigenvalue weighted by atomic mass is 32.2. The summed E-state index contributed by atoms with van der Waals surface area (Å²) in [5.41, 5.74) is 0. The second-order valence-electron chi connectivity index (χ2n) is 3.60. The first-order valence-corrected chi connectivity index (χ1v) is 7.49. The summed E-state index contributed by atoms with van der Waals surface area (Å²) in [6, 6.07) is 3.19. The van der Waals surface area contributed by atoms with Gasteiger partial charge in [0.05, 0.1) is 0 Å². The van der Waals surface area contributed by atoms with Gasteiger partial charge in [0.25, 0.3) is 0 Å². The molecule has 1 heterocycles. The van der Waals surface area contributed by atoms with Crippen LogP contribution in [-0.2, 0) is 10.0 Å². The Hall–Kier alpha value is -0.430. The van der Waals surface area contributed by atoms with Crippen LogP contribution in [0.5, 0.6) is 0 Å². The molecule has 0 amide bonds. The van der Waals surface area contributed by atoms with Gasteiger partial charge in [-0.05, 0) is 31.9 Å². The number of hydrogen-bond acceptors (Lipinski definition) is 4. The first kappa shape index (κ1) is 13.6. The molecule has 1 rings (SSSR count). The lowest BCUT2D eigenvalue weighted by atomic mass is 10.2. The van der Waals surface area contributed by atoms with E-state index in [9.17, 15) is 8.42 Å². The zero-order valence-corrected chi connectivity index (χ0v) is 11.1. The van der Waals surface area contributed by atoms with Crippen molar-refractivity contribution in [3.05, 3.63) is 17.0 Å².